The smallest absolute Gasteiger partial charge is 0.126 e. The molecule has 0 bridgehead atoms. The third-order valence-corrected chi connectivity index (χ3v) is 3.27. The third kappa shape index (κ3) is 2.25. The molecule has 19 heavy (non-hydrogen) atoms. The molecule has 0 unspecified atom stereocenters. The third-order valence-electron chi connectivity index (χ3n) is 3.27. The number of hydrogen-bond acceptors (Lipinski definition) is 2. The Morgan fingerprint density at radius 3 is 2.47 bits per heavy atom. The molecule has 3 nitrogen and oxygen atoms in total. The van der Waals surface area contributed by atoms with Crippen LogP contribution in [0.1, 0.15) is 24.4 Å². The van der Waals surface area contributed by atoms with E-state index < -0.39 is 0 Å². The lowest BCUT2D eigenvalue weighted by Gasteiger charge is -2.11. The van der Waals surface area contributed by atoms with Crippen LogP contribution in [0.3, 0.4) is 0 Å². The van der Waals surface area contributed by atoms with E-state index in [2.05, 4.69) is 39.9 Å². The number of hydrogen-bond donors (Lipinski definition) is 1. The van der Waals surface area contributed by atoms with Gasteiger partial charge in [-0.1, -0.05) is 42.5 Å². The Bertz CT molecular complexity index is 684. The molecule has 2 aromatic carbocycles. The quantitative estimate of drug-likeness (QED) is 0.777. The fourth-order valence-electron chi connectivity index (χ4n) is 2.37. The summed E-state index contributed by atoms with van der Waals surface area (Å²) in [5, 5.41) is 0. The lowest BCUT2D eigenvalue weighted by molar-refractivity contribution is 0.664. The first-order valence-corrected chi connectivity index (χ1v) is 6.50. The number of rotatable bonds is 3. The SMILES string of the molecule is C[C@@H](N)c1nc2ccccc2n1Cc1ccccc1. The van der Waals surface area contributed by atoms with E-state index in [-0.39, 0.29) is 6.04 Å². The van der Waals surface area contributed by atoms with E-state index in [1.54, 1.807) is 0 Å². The minimum Gasteiger partial charge on any atom is -0.322 e. The van der Waals surface area contributed by atoms with Gasteiger partial charge in [0.2, 0.25) is 0 Å². The summed E-state index contributed by atoms with van der Waals surface area (Å²) >= 11 is 0. The largest absolute Gasteiger partial charge is 0.322 e. The highest BCUT2D eigenvalue weighted by atomic mass is 15.1. The zero-order chi connectivity index (χ0) is 13.2. The number of aromatic nitrogens is 2. The van der Waals surface area contributed by atoms with Gasteiger partial charge in [0.1, 0.15) is 5.82 Å². The van der Waals surface area contributed by atoms with Crippen molar-refractivity contribution in [1.29, 1.82) is 0 Å². The molecule has 2 N–H and O–H groups in total. The number of imidazole rings is 1. The van der Waals surface area contributed by atoms with Gasteiger partial charge in [0.25, 0.3) is 0 Å². The highest BCUT2D eigenvalue weighted by molar-refractivity contribution is 5.76. The predicted octanol–water partition coefficient (Wildman–Crippen LogP) is 3.10. The average Bonchev–Trinajstić information content (AvgIpc) is 2.79. The second kappa shape index (κ2) is 4.86. The standard InChI is InChI=1S/C16H17N3/c1-12(17)16-18-14-9-5-6-10-15(14)19(16)11-13-7-3-2-4-8-13/h2-10,12H,11,17H2,1H3/t12-/m1/s1. The van der Waals surface area contributed by atoms with Gasteiger partial charge in [-0.3, -0.25) is 0 Å². The van der Waals surface area contributed by atoms with Crippen LogP contribution in [-0.2, 0) is 6.54 Å². The second-order valence-electron chi connectivity index (χ2n) is 4.82. The summed E-state index contributed by atoms with van der Waals surface area (Å²) in [7, 11) is 0. The van der Waals surface area contributed by atoms with Gasteiger partial charge >= 0.3 is 0 Å². The van der Waals surface area contributed by atoms with E-state index in [0.717, 1.165) is 23.4 Å². The van der Waals surface area contributed by atoms with Crippen LogP contribution in [0, 0.1) is 0 Å². The number of para-hydroxylation sites is 2. The van der Waals surface area contributed by atoms with Crippen molar-refractivity contribution in [2.24, 2.45) is 5.73 Å². The molecule has 0 amide bonds. The summed E-state index contributed by atoms with van der Waals surface area (Å²) in [6.45, 7) is 2.78. The van der Waals surface area contributed by atoms with Gasteiger partial charge in [-0.25, -0.2) is 4.98 Å². The molecule has 0 saturated carbocycles. The molecule has 0 aliphatic rings. The van der Waals surface area contributed by atoms with Crippen molar-refractivity contribution >= 4 is 11.0 Å². The summed E-state index contributed by atoms with van der Waals surface area (Å²) in [6.07, 6.45) is 0. The fourth-order valence-corrected chi connectivity index (χ4v) is 2.37. The van der Waals surface area contributed by atoms with Gasteiger partial charge < -0.3 is 10.3 Å². The zero-order valence-corrected chi connectivity index (χ0v) is 11.0. The summed E-state index contributed by atoms with van der Waals surface area (Å²) < 4.78 is 2.20. The minimum atomic E-state index is -0.0730. The van der Waals surface area contributed by atoms with Crippen LogP contribution in [-0.4, -0.2) is 9.55 Å². The van der Waals surface area contributed by atoms with E-state index in [9.17, 15) is 0 Å². The molecule has 1 atom stereocenters. The van der Waals surface area contributed by atoms with Gasteiger partial charge in [0.15, 0.2) is 0 Å². The fraction of sp³-hybridized carbons (Fsp3) is 0.188. The van der Waals surface area contributed by atoms with E-state index in [4.69, 9.17) is 5.73 Å². The van der Waals surface area contributed by atoms with E-state index in [1.807, 2.05) is 31.2 Å². The zero-order valence-electron chi connectivity index (χ0n) is 11.0. The van der Waals surface area contributed by atoms with Gasteiger partial charge in [0.05, 0.1) is 17.1 Å². The number of benzene rings is 2. The van der Waals surface area contributed by atoms with E-state index in [1.165, 1.54) is 5.56 Å². The van der Waals surface area contributed by atoms with Crippen molar-refractivity contribution in [1.82, 2.24) is 9.55 Å². The van der Waals surface area contributed by atoms with Gasteiger partial charge in [0, 0.05) is 6.54 Å². The summed E-state index contributed by atoms with van der Waals surface area (Å²) in [5.41, 5.74) is 9.45. The summed E-state index contributed by atoms with van der Waals surface area (Å²) in [6, 6.07) is 18.5. The van der Waals surface area contributed by atoms with Crippen molar-refractivity contribution in [3.8, 4) is 0 Å². The van der Waals surface area contributed by atoms with Crippen LogP contribution < -0.4 is 5.73 Å². The van der Waals surface area contributed by atoms with E-state index in [0.29, 0.717) is 0 Å². The predicted molar refractivity (Wildman–Crippen MR) is 77.9 cm³/mol. The Morgan fingerprint density at radius 1 is 1.05 bits per heavy atom. The molecule has 3 rings (SSSR count). The highest BCUT2D eigenvalue weighted by Gasteiger charge is 2.13. The molecule has 0 saturated heterocycles. The van der Waals surface area contributed by atoms with Crippen molar-refractivity contribution in [3.63, 3.8) is 0 Å². The molecule has 1 heterocycles. The maximum atomic E-state index is 6.05. The Kier molecular flexibility index (Phi) is 3.05. The Morgan fingerprint density at radius 2 is 1.74 bits per heavy atom. The molecule has 0 aliphatic heterocycles. The van der Waals surface area contributed by atoms with Gasteiger partial charge in [-0.2, -0.15) is 0 Å². The van der Waals surface area contributed by atoms with Gasteiger partial charge in [-0.15, -0.1) is 0 Å². The van der Waals surface area contributed by atoms with Crippen molar-refractivity contribution in [3.05, 3.63) is 66.0 Å². The maximum absolute atomic E-state index is 6.05. The van der Waals surface area contributed by atoms with Crippen LogP contribution in [0.25, 0.3) is 11.0 Å². The summed E-state index contributed by atoms with van der Waals surface area (Å²) in [5.74, 6) is 0.935. The van der Waals surface area contributed by atoms with Crippen molar-refractivity contribution in [2.75, 3.05) is 0 Å². The number of nitrogens with two attached hydrogens (primary N) is 1. The minimum absolute atomic E-state index is 0.0730. The van der Waals surface area contributed by atoms with Crippen LogP contribution >= 0.6 is 0 Å². The Labute approximate surface area is 112 Å². The topological polar surface area (TPSA) is 43.8 Å². The lowest BCUT2D eigenvalue weighted by atomic mass is 10.2. The van der Waals surface area contributed by atoms with Gasteiger partial charge in [-0.05, 0) is 24.6 Å². The number of fused-ring (bicyclic) bond motifs is 1. The van der Waals surface area contributed by atoms with Crippen LogP contribution in [0.15, 0.2) is 54.6 Å². The second-order valence-corrected chi connectivity index (χ2v) is 4.82. The molecule has 0 radical (unpaired) electrons. The first-order valence-electron chi connectivity index (χ1n) is 6.50. The Hall–Kier alpha value is -2.13. The molecule has 3 heteroatoms. The molecule has 96 valence electrons. The lowest BCUT2D eigenvalue weighted by Crippen LogP contribution is -2.14. The van der Waals surface area contributed by atoms with Crippen molar-refractivity contribution in [2.45, 2.75) is 19.5 Å². The molecule has 0 spiro atoms. The van der Waals surface area contributed by atoms with Crippen LogP contribution in [0.5, 0.6) is 0 Å². The molecule has 3 aromatic rings. The molecular formula is C16H17N3. The molecule has 0 fully saturated rings. The molecule has 0 aliphatic carbocycles. The molecule has 1 aromatic heterocycles. The Balaban J connectivity index is 2.12. The van der Waals surface area contributed by atoms with Crippen molar-refractivity contribution < 1.29 is 0 Å². The van der Waals surface area contributed by atoms with Crippen LogP contribution in [0.4, 0.5) is 0 Å². The van der Waals surface area contributed by atoms with E-state index >= 15 is 0 Å². The maximum Gasteiger partial charge on any atom is 0.126 e. The first-order chi connectivity index (χ1) is 9.25. The summed E-state index contributed by atoms with van der Waals surface area (Å²) in [4.78, 5) is 4.65. The normalized spacial score (nSPS) is 12.7. The highest BCUT2D eigenvalue weighted by Crippen LogP contribution is 2.21. The molecular weight excluding hydrogens is 234 g/mol. The first kappa shape index (κ1) is 11.9. The monoisotopic (exact) mass is 251 g/mol. The van der Waals surface area contributed by atoms with Crippen LogP contribution in [0.2, 0.25) is 0 Å². The average molecular weight is 251 g/mol. The number of nitrogens with zero attached hydrogens (tertiary/aromatic N) is 2.